The van der Waals surface area contributed by atoms with Gasteiger partial charge in [-0.1, -0.05) is 22.0 Å². The van der Waals surface area contributed by atoms with E-state index in [1.54, 1.807) is 24.5 Å². The van der Waals surface area contributed by atoms with Crippen molar-refractivity contribution in [3.05, 3.63) is 58.3 Å². The normalized spacial score (nSPS) is 10.1. The molecule has 0 saturated carbocycles. The van der Waals surface area contributed by atoms with Crippen LogP contribution in [0.25, 0.3) is 0 Å². The Labute approximate surface area is 137 Å². The lowest BCUT2D eigenvalue weighted by Gasteiger charge is -2.09. The molecular weight excluding hydrogens is 346 g/mol. The highest BCUT2D eigenvalue weighted by molar-refractivity contribution is 9.10. The minimum Gasteiger partial charge on any atom is -0.352 e. The summed E-state index contributed by atoms with van der Waals surface area (Å²) < 4.78 is 0.942. The highest BCUT2D eigenvalue weighted by Crippen LogP contribution is 2.20. The number of carbonyl (C=O) groups is 2. The molecule has 2 rings (SSSR count). The Morgan fingerprint density at radius 3 is 2.73 bits per heavy atom. The SMILES string of the molecule is Cc1cc(Br)ccc1NC(=O)CC(=O)NCc1cccnc1. The van der Waals surface area contributed by atoms with Gasteiger partial charge < -0.3 is 10.6 Å². The lowest BCUT2D eigenvalue weighted by molar-refractivity contribution is -0.126. The monoisotopic (exact) mass is 361 g/mol. The first kappa shape index (κ1) is 16.2. The molecule has 1 aromatic heterocycles. The van der Waals surface area contributed by atoms with E-state index in [2.05, 4.69) is 31.5 Å². The van der Waals surface area contributed by atoms with Crippen molar-refractivity contribution in [1.29, 1.82) is 0 Å². The van der Waals surface area contributed by atoms with Gasteiger partial charge in [0, 0.05) is 29.1 Å². The van der Waals surface area contributed by atoms with Gasteiger partial charge in [-0.15, -0.1) is 0 Å². The molecular formula is C16H16BrN3O2. The number of halogens is 1. The van der Waals surface area contributed by atoms with Gasteiger partial charge in [0.15, 0.2) is 0 Å². The van der Waals surface area contributed by atoms with Crippen LogP contribution in [0, 0.1) is 6.92 Å². The van der Waals surface area contributed by atoms with Crippen LogP contribution in [0.2, 0.25) is 0 Å². The van der Waals surface area contributed by atoms with E-state index >= 15 is 0 Å². The Balaban J connectivity index is 1.82. The van der Waals surface area contributed by atoms with Gasteiger partial charge in [0.2, 0.25) is 11.8 Å². The molecule has 1 aromatic carbocycles. The maximum absolute atomic E-state index is 11.9. The summed E-state index contributed by atoms with van der Waals surface area (Å²) in [6.07, 6.45) is 3.13. The van der Waals surface area contributed by atoms with Crippen molar-refractivity contribution < 1.29 is 9.59 Å². The van der Waals surface area contributed by atoms with E-state index in [0.717, 1.165) is 15.6 Å². The first-order chi connectivity index (χ1) is 10.5. The molecule has 0 fully saturated rings. The van der Waals surface area contributed by atoms with Gasteiger partial charge in [-0.05, 0) is 42.3 Å². The van der Waals surface area contributed by atoms with Gasteiger partial charge in [-0.3, -0.25) is 14.6 Å². The molecule has 0 radical (unpaired) electrons. The summed E-state index contributed by atoms with van der Waals surface area (Å²) in [5.41, 5.74) is 2.52. The molecule has 0 aliphatic rings. The van der Waals surface area contributed by atoms with Crippen molar-refractivity contribution in [1.82, 2.24) is 10.3 Å². The second kappa shape index (κ2) is 7.70. The molecule has 0 atom stereocenters. The molecule has 2 N–H and O–H groups in total. The number of carbonyl (C=O) groups excluding carboxylic acids is 2. The second-order valence-electron chi connectivity index (χ2n) is 4.82. The molecule has 0 aliphatic carbocycles. The topological polar surface area (TPSA) is 71.1 Å². The van der Waals surface area contributed by atoms with Crippen LogP contribution >= 0.6 is 15.9 Å². The molecule has 5 nitrogen and oxygen atoms in total. The average molecular weight is 362 g/mol. The number of nitrogens with one attached hydrogen (secondary N) is 2. The van der Waals surface area contributed by atoms with Gasteiger partial charge in [0.05, 0.1) is 0 Å². The van der Waals surface area contributed by atoms with E-state index in [4.69, 9.17) is 0 Å². The summed E-state index contributed by atoms with van der Waals surface area (Å²) >= 11 is 3.36. The summed E-state index contributed by atoms with van der Waals surface area (Å²) in [6.45, 7) is 2.25. The van der Waals surface area contributed by atoms with Crippen molar-refractivity contribution >= 4 is 33.4 Å². The van der Waals surface area contributed by atoms with E-state index < -0.39 is 0 Å². The van der Waals surface area contributed by atoms with Crippen LogP contribution in [0.3, 0.4) is 0 Å². The standard InChI is InChI=1S/C16H16BrN3O2/c1-11-7-13(17)4-5-14(11)20-16(22)8-15(21)19-10-12-3-2-6-18-9-12/h2-7,9H,8,10H2,1H3,(H,19,21)(H,20,22). The quantitative estimate of drug-likeness (QED) is 0.804. The predicted molar refractivity (Wildman–Crippen MR) is 88.2 cm³/mol. The highest BCUT2D eigenvalue weighted by atomic mass is 79.9. The maximum Gasteiger partial charge on any atom is 0.233 e. The third-order valence-electron chi connectivity index (χ3n) is 3.00. The molecule has 114 valence electrons. The van der Waals surface area contributed by atoms with Crippen LogP contribution in [0.1, 0.15) is 17.5 Å². The lowest BCUT2D eigenvalue weighted by atomic mass is 10.2. The summed E-state index contributed by atoms with van der Waals surface area (Å²) in [6, 6.07) is 9.19. The van der Waals surface area contributed by atoms with Crippen LogP contribution in [0.15, 0.2) is 47.2 Å². The second-order valence-corrected chi connectivity index (χ2v) is 5.74. The van der Waals surface area contributed by atoms with E-state index in [1.165, 1.54) is 0 Å². The maximum atomic E-state index is 11.9. The fourth-order valence-electron chi connectivity index (χ4n) is 1.87. The van der Waals surface area contributed by atoms with Gasteiger partial charge in [-0.25, -0.2) is 0 Å². The molecule has 22 heavy (non-hydrogen) atoms. The van der Waals surface area contributed by atoms with E-state index in [9.17, 15) is 9.59 Å². The number of pyridine rings is 1. The average Bonchev–Trinajstić information content (AvgIpc) is 2.49. The van der Waals surface area contributed by atoms with Crippen LogP contribution in [0.4, 0.5) is 5.69 Å². The predicted octanol–water partition coefficient (Wildman–Crippen LogP) is 2.80. The number of aromatic nitrogens is 1. The largest absolute Gasteiger partial charge is 0.352 e. The smallest absolute Gasteiger partial charge is 0.233 e. The molecule has 0 aliphatic heterocycles. The third kappa shape index (κ3) is 4.96. The zero-order chi connectivity index (χ0) is 15.9. The number of nitrogens with zero attached hydrogens (tertiary/aromatic N) is 1. The number of anilines is 1. The molecule has 0 bridgehead atoms. The van der Waals surface area contributed by atoms with E-state index in [0.29, 0.717) is 12.2 Å². The van der Waals surface area contributed by atoms with Gasteiger partial charge >= 0.3 is 0 Å². The van der Waals surface area contributed by atoms with Crippen molar-refractivity contribution in [2.24, 2.45) is 0 Å². The minimum absolute atomic E-state index is 0.213. The highest BCUT2D eigenvalue weighted by Gasteiger charge is 2.10. The van der Waals surface area contributed by atoms with Crippen LogP contribution < -0.4 is 10.6 Å². The first-order valence-corrected chi connectivity index (χ1v) is 7.55. The third-order valence-corrected chi connectivity index (χ3v) is 3.49. The molecule has 2 aromatic rings. The first-order valence-electron chi connectivity index (χ1n) is 6.76. The zero-order valence-electron chi connectivity index (χ0n) is 12.1. The van der Waals surface area contributed by atoms with Crippen molar-refractivity contribution in [3.63, 3.8) is 0 Å². The van der Waals surface area contributed by atoms with Gasteiger partial charge in [0.25, 0.3) is 0 Å². The molecule has 0 saturated heterocycles. The molecule has 0 spiro atoms. The number of amides is 2. The zero-order valence-corrected chi connectivity index (χ0v) is 13.7. The Bertz CT molecular complexity index is 674. The fraction of sp³-hybridized carbons (Fsp3) is 0.188. The molecule has 1 heterocycles. The number of rotatable bonds is 5. The summed E-state index contributed by atoms with van der Waals surface area (Å²) in [5, 5.41) is 5.43. The Hall–Kier alpha value is -2.21. The Kier molecular flexibility index (Phi) is 5.66. The number of aryl methyl sites for hydroxylation is 1. The van der Waals surface area contributed by atoms with E-state index in [1.807, 2.05) is 25.1 Å². The lowest BCUT2D eigenvalue weighted by Crippen LogP contribution is -2.27. The van der Waals surface area contributed by atoms with Crippen molar-refractivity contribution in [2.75, 3.05) is 5.32 Å². The Morgan fingerprint density at radius 2 is 2.05 bits per heavy atom. The number of hydrogen-bond donors (Lipinski definition) is 2. The van der Waals surface area contributed by atoms with E-state index in [-0.39, 0.29) is 18.2 Å². The molecule has 2 amide bonds. The fourth-order valence-corrected chi connectivity index (χ4v) is 2.35. The molecule has 0 unspecified atom stereocenters. The minimum atomic E-state index is -0.339. The van der Waals surface area contributed by atoms with Gasteiger partial charge in [-0.2, -0.15) is 0 Å². The van der Waals surface area contributed by atoms with Crippen LogP contribution in [-0.2, 0) is 16.1 Å². The number of benzene rings is 1. The molecule has 6 heteroatoms. The van der Waals surface area contributed by atoms with Gasteiger partial charge in [0.1, 0.15) is 6.42 Å². The van der Waals surface area contributed by atoms with Crippen LogP contribution in [-0.4, -0.2) is 16.8 Å². The summed E-state index contributed by atoms with van der Waals surface area (Å²) in [7, 11) is 0. The van der Waals surface area contributed by atoms with Crippen molar-refractivity contribution in [2.45, 2.75) is 19.9 Å². The summed E-state index contributed by atoms with van der Waals surface area (Å²) in [5.74, 6) is -0.662. The number of hydrogen-bond acceptors (Lipinski definition) is 3. The van der Waals surface area contributed by atoms with Crippen LogP contribution in [0.5, 0.6) is 0 Å². The Morgan fingerprint density at radius 1 is 1.23 bits per heavy atom. The van der Waals surface area contributed by atoms with Crippen molar-refractivity contribution in [3.8, 4) is 0 Å². The summed E-state index contributed by atoms with van der Waals surface area (Å²) in [4.78, 5) is 27.6.